The van der Waals surface area contributed by atoms with E-state index >= 15 is 0 Å². The first-order valence-electron chi connectivity index (χ1n) is 6.42. The molecule has 0 bridgehead atoms. The van der Waals surface area contributed by atoms with Crippen molar-refractivity contribution in [3.8, 4) is 0 Å². The second kappa shape index (κ2) is 6.98. The van der Waals surface area contributed by atoms with Gasteiger partial charge in [-0.1, -0.05) is 17.8 Å². The number of aromatic amines is 1. The summed E-state index contributed by atoms with van der Waals surface area (Å²) in [6, 6.07) is 6.05. The van der Waals surface area contributed by atoms with Crippen LogP contribution in [0, 0.1) is 0 Å². The maximum Gasteiger partial charge on any atom is 0.242 e. The number of nitrogens with zero attached hydrogens (tertiary/aromatic N) is 3. The molecule has 0 unspecified atom stereocenters. The average Bonchev–Trinajstić information content (AvgIpc) is 2.91. The Bertz CT molecular complexity index is 803. The van der Waals surface area contributed by atoms with Crippen LogP contribution in [0.4, 0.5) is 11.6 Å². The molecule has 0 saturated carbocycles. The van der Waals surface area contributed by atoms with Gasteiger partial charge in [0.25, 0.3) is 0 Å². The maximum atomic E-state index is 12.1. The van der Waals surface area contributed by atoms with Crippen LogP contribution in [-0.2, 0) is 14.8 Å². The Morgan fingerprint density at radius 3 is 2.78 bits per heavy atom. The van der Waals surface area contributed by atoms with E-state index in [1.807, 2.05) is 0 Å². The van der Waals surface area contributed by atoms with Crippen molar-refractivity contribution in [2.75, 3.05) is 30.9 Å². The summed E-state index contributed by atoms with van der Waals surface area (Å²) in [7, 11) is -0.660. The van der Waals surface area contributed by atoms with Crippen molar-refractivity contribution in [3.63, 3.8) is 0 Å². The molecule has 0 aliphatic carbocycles. The van der Waals surface area contributed by atoms with E-state index in [1.54, 1.807) is 12.1 Å². The molecule has 0 spiro atoms. The molecule has 1 heterocycles. The van der Waals surface area contributed by atoms with Gasteiger partial charge in [-0.2, -0.15) is 4.98 Å². The molecule has 1 aromatic carbocycles. The second-order valence-corrected chi connectivity index (χ2v) is 7.75. The highest BCUT2D eigenvalue weighted by Gasteiger charge is 2.17. The number of H-pyrrole nitrogens is 1. The smallest absolute Gasteiger partial charge is 0.242 e. The Labute approximate surface area is 137 Å². The van der Waals surface area contributed by atoms with Crippen molar-refractivity contribution in [3.05, 3.63) is 24.3 Å². The predicted octanol–water partition coefficient (Wildman–Crippen LogP) is 0.368. The van der Waals surface area contributed by atoms with Crippen molar-refractivity contribution in [2.45, 2.75) is 10.1 Å². The molecule has 0 atom stereocenters. The van der Waals surface area contributed by atoms with Gasteiger partial charge in [0.2, 0.25) is 27.0 Å². The quantitative estimate of drug-likeness (QED) is 0.636. The number of benzene rings is 1. The number of rotatable bonds is 6. The zero-order valence-corrected chi connectivity index (χ0v) is 14.1. The fourth-order valence-corrected chi connectivity index (χ4v) is 3.15. The van der Waals surface area contributed by atoms with E-state index in [2.05, 4.69) is 20.5 Å². The largest absolute Gasteiger partial charge is 0.368 e. The van der Waals surface area contributed by atoms with Crippen LogP contribution in [0.3, 0.4) is 0 Å². The molecule has 2 rings (SSSR count). The third kappa shape index (κ3) is 4.43. The normalized spacial score (nSPS) is 11.6. The Hall–Kier alpha value is -2.11. The van der Waals surface area contributed by atoms with Crippen LogP contribution < -0.4 is 11.1 Å². The highest BCUT2D eigenvalue weighted by molar-refractivity contribution is 7.99. The van der Waals surface area contributed by atoms with Gasteiger partial charge in [0.15, 0.2) is 0 Å². The number of nitrogens with one attached hydrogen (secondary N) is 2. The molecular formula is C12H16N6O3S2. The highest BCUT2D eigenvalue weighted by Crippen LogP contribution is 2.19. The van der Waals surface area contributed by atoms with E-state index in [-0.39, 0.29) is 22.5 Å². The number of hydrogen-bond donors (Lipinski definition) is 3. The lowest BCUT2D eigenvalue weighted by Crippen LogP contribution is -2.22. The summed E-state index contributed by atoms with van der Waals surface area (Å²) in [5, 5.41) is 9.26. The fourth-order valence-electron chi connectivity index (χ4n) is 1.59. The lowest BCUT2D eigenvalue weighted by atomic mass is 10.3. The third-order valence-electron chi connectivity index (χ3n) is 2.71. The Balaban J connectivity index is 2.01. The van der Waals surface area contributed by atoms with Gasteiger partial charge in [-0.25, -0.2) is 17.8 Å². The minimum atomic E-state index is -3.55. The number of amides is 1. The van der Waals surface area contributed by atoms with E-state index in [4.69, 9.17) is 5.73 Å². The Morgan fingerprint density at radius 2 is 2.17 bits per heavy atom. The number of nitrogen functional groups attached to an aromatic ring is 1. The summed E-state index contributed by atoms with van der Waals surface area (Å²) in [4.78, 5) is 15.9. The van der Waals surface area contributed by atoms with Gasteiger partial charge in [-0.05, 0) is 18.2 Å². The Kier molecular flexibility index (Phi) is 5.23. The molecule has 23 heavy (non-hydrogen) atoms. The lowest BCUT2D eigenvalue weighted by molar-refractivity contribution is -0.113. The summed E-state index contributed by atoms with van der Waals surface area (Å²) in [6.45, 7) is 0. The number of carbonyl (C=O) groups is 1. The summed E-state index contributed by atoms with van der Waals surface area (Å²) in [6.07, 6.45) is 0. The molecule has 2 aromatic rings. The highest BCUT2D eigenvalue weighted by atomic mass is 32.2. The van der Waals surface area contributed by atoms with Crippen LogP contribution >= 0.6 is 11.8 Å². The van der Waals surface area contributed by atoms with Crippen molar-refractivity contribution in [1.82, 2.24) is 19.5 Å². The van der Waals surface area contributed by atoms with Gasteiger partial charge in [0.1, 0.15) is 0 Å². The Morgan fingerprint density at radius 1 is 1.43 bits per heavy atom. The predicted molar refractivity (Wildman–Crippen MR) is 87.5 cm³/mol. The van der Waals surface area contributed by atoms with Crippen LogP contribution in [0.25, 0.3) is 0 Å². The molecule has 1 amide bonds. The zero-order valence-electron chi connectivity index (χ0n) is 12.5. The molecule has 11 heteroatoms. The number of carbonyl (C=O) groups excluding carboxylic acids is 1. The molecule has 124 valence electrons. The van der Waals surface area contributed by atoms with Crippen LogP contribution in [0.1, 0.15) is 0 Å². The van der Waals surface area contributed by atoms with Crippen LogP contribution in [-0.4, -0.2) is 53.7 Å². The molecule has 0 fully saturated rings. The summed E-state index contributed by atoms with van der Waals surface area (Å²) >= 11 is 1.11. The van der Waals surface area contributed by atoms with Crippen molar-refractivity contribution in [1.29, 1.82) is 0 Å². The topological polar surface area (TPSA) is 134 Å². The van der Waals surface area contributed by atoms with Crippen molar-refractivity contribution >= 4 is 39.3 Å². The number of aromatic nitrogens is 3. The molecule has 4 N–H and O–H groups in total. The maximum absolute atomic E-state index is 12.1. The number of sulfonamides is 1. The van der Waals surface area contributed by atoms with Crippen molar-refractivity contribution in [2.24, 2.45) is 0 Å². The monoisotopic (exact) mass is 356 g/mol. The third-order valence-corrected chi connectivity index (χ3v) is 5.37. The zero-order chi connectivity index (χ0) is 17.0. The minimum absolute atomic E-state index is 0.0714. The van der Waals surface area contributed by atoms with E-state index in [1.165, 1.54) is 26.2 Å². The van der Waals surface area contributed by atoms with Crippen molar-refractivity contribution < 1.29 is 13.2 Å². The summed E-state index contributed by atoms with van der Waals surface area (Å²) in [5.41, 5.74) is 5.78. The number of thioether (sulfide) groups is 1. The molecule has 0 radical (unpaired) electrons. The standard InChI is InChI=1S/C12H16N6O3S2/c1-18(2)23(20,21)9-5-3-4-8(6-9)14-10(19)7-22-12-15-11(13)16-17-12/h3-6H,7H2,1-2H3,(H,14,19)(H3,13,15,16,17). The lowest BCUT2D eigenvalue weighted by Gasteiger charge is -2.12. The van der Waals surface area contributed by atoms with Crippen LogP contribution in [0.5, 0.6) is 0 Å². The summed E-state index contributed by atoms with van der Waals surface area (Å²) in [5.74, 6) is -0.0608. The average molecular weight is 356 g/mol. The van der Waals surface area contributed by atoms with E-state index < -0.39 is 10.0 Å². The van der Waals surface area contributed by atoms with E-state index in [0.29, 0.717) is 10.8 Å². The van der Waals surface area contributed by atoms with Gasteiger partial charge in [-0.3, -0.25) is 4.79 Å². The first-order valence-corrected chi connectivity index (χ1v) is 8.85. The van der Waals surface area contributed by atoms with Crippen LogP contribution in [0.15, 0.2) is 34.3 Å². The number of nitrogens with two attached hydrogens (primary N) is 1. The number of anilines is 2. The minimum Gasteiger partial charge on any atom is -0.368 e. The molecule has 0 aliphatic rings. The molecular weight excluding hydrogens is 340 g/mol. The SMILES string of the molecule is CN(C)S(=O)(=O)c1cccc(NC(=O)CSc2n[nH]c(N)n2)c1. The fraction of sp³-hybridized carbons (Fsp3) is 0.250. The first-order chi connectivity index (χ1) is 10.8. The first kappa shape index (κ1) is 17.2. The van der Waals surface area contributed by atoms with Crippen LogP contribution in [0.2, 0.25) is 0 Å². The second-order valence-electron chi connectivity index (χ2n) is 4.66. The van der Waals surface area contributed by atoms with Gasteiger partial charge in [0.05, 0.1) is 10.6 Å². The van der Waals surface area contributed by atoms with Gasteiger partial charge in [0, 0.05) is 19.8 Å². The van der Waals surface area contributed by atoms with Gasteiger partial charge in [-0.15, -0.1) is 5.10 Å². The molecule has 9 nitrogen and oxygen atoms in total. The van der Waals surface area contributed by atoms with E-state index in [0.717, 1.165) is 16.1 Å². The number of hydrogen-bond acceptors (Lipinski definition) is 7. The molecule has 1 aromatic heterocycles. The van der Waals surface area contributed by atoms with Gasteiger partial charge >= 0.3 is 0 Å². The molecule has 0 aliphatic heterocycles. The summed E-state index contributed by atoms with van der Waals surface area (Å²) < 4.78 is 25.2. The molecule has 0 saturated heterocycles. The van der Waals surface area contributed by atoms with E-state index in [9.17, 15) is 13.2 Å². The van der Waals surface area contributed by atoms with Gasteiger partial charge < -0.3 is 11.1 Å².